The van der Waals surface area contributed by atoms with Gasteiger partial charge in [-0.3, -0.25) is 4.79 Å². The summed E-state index contributed by atoms with van der Waals surface area (Å²) in [6.07, 6.45) is 0.982. The number of aliphatic carboxylic acids is 1. The van der Waals surface area contributed by atoms with Gasteiger partial charge in [0.25, 0.3) is 0 Å². The summed E-state index contributed by atoms with van der Waals surface area (Å²) >= 11 is 1.64. The fourth-order valence-electron chi connectivity index (χ4n) is 2.19. The molecule has 0 spiro atoms. The predicted molar refractivity (Wildman–Crippen MR) is 71.1 cm³/mol. The molecule has 1 aromatic heterocycles. The molecule has 1 saturated heterocycles. The van der Waals surface area contributed by atoms with Crippen molar-refractivity contribution in [1.29, 1.82) is 0 Å². The minimum Gasteiger partial charge on any atom is -0.479 e. The monoisotopic (exact) mass is 283 g/mol. The van der Waals surface area contributed by atoms with Gasteiger partial charge in [0.15, 0.2) is 6.10 Å². The van der Waals surface area contributed by atoms with Crippen molar-refractivity contribution in [2.45, 2.75) is 31.9 Å². The largest absolute Gasteiger partial charge is 0.479 e. The number of amides is 1. The van der Waals surface area contributed by atoms with Gasteiger partial charge in [0.1, 0.15) is 6.61 Å². The van der Waals surface area contributed by atoms with E-state index in [-0.39, 0.29) is 18.6 Å². The first-order chi connectivity index (χ1) is 9.09. The minimum absolute atomic E-state index is 0.122. The van der Waals surface area contributed by atoms with Crippen LogP contribution >= 0.6 is 11.3 Å². The first-order valence-corrected chi connectivity index (χ1v) is 7.15. The number of carboxylic acids is 1. The molecule has 1 aliphatic heterocycles. The van der Waals surface area contributed by atoms with E-state index in [1.54, 1.807) is 16.2 Å². The highest BCUT2D eigenvalue weighted by atomic mass is 32.1. The van der Waals surface area contributed by atoms with Gasteiger partial charge in [-0.05, 0) is 31.2 Å². The van der Waals surface area contributed by atoms with E-state index in [1.807, 2.05) is 17.5 Å². The van der Waals surface area contributed by atoms with Gasteiger partial charge in [-0.2, -0.15) is 0 Å². The highest BCUT2D eigenvalue weighted by Gasteiger charge is 2.30. The summed E-state index contributed by atoms with van der Waals surface area (Å²) in [6.45, 7) is 1.97. The number of nitrogens with zero attached hydrogens (tertiary/aromatic N) is 1. The van der Waals surface area contributed by atoms with Crippen molar-refractivity contribution in [3.05, 3.63) is 22.4 Å². The second-order valence-corrected chi connectivity index (χ2v) is 5.53. The molecule has 2 atom stereocenters. The average molecular weight is 283 g/mol. The van der Waals surface area contributed by atoms with Gasteiger partial charge in [0.05, 0.1) is 6.04 Å². The number of carbonyl (C=O) groups is 2. The number of carbonyl (C=O) groups excluding carboxylic acids is 1. The SMILES string of the molecule is C[C@H](OCC(=O)N1CCCC1c1cccs1)C(=O)O. The summed E-state index contributed by atoms with van der Waals surface area (Å²) in [7, 11) is 0. The molecule has 0 saturated carbocycles. The van der Waals surface area contributed by atoms with Crippen LogP contribution in [0.1, 0.15) is 30.7 Å². The van der Waals surface area contributed by atoms with E-state index >= 15 is 0 Å². The molecule has 0 radical (unpaired) electrons. The van der Waals surface area contributed by atoms with Crippen molar-refractivity contribution < 1.29 is 19.4 Å². The Kier molecular flexibility index (Phi) is 4.55. The normalized spacial score (nSPS) is 20.5. The van der Waals surface area contributed by atoms with Crippen LogP contribution < -0.4 is 0 Å². The van der Waals surface area contributed by atoms with E-state index in [0.717, 1.165) is 12.8 Å². The van der Waals surface area contributed by atoms with Crippen molar-refractivity contribution in [1.82, 2.24) is 4.90 Å². The second kappa shape index (κ2) is 6.16. The number of likely N-dealkylation sites (tertiary alicyclic amines) is 1. The van der Waals surface area contributed by atoms with E-state index in [9.17, 15) is 9.59 Å². The Morgan fingerprint density at radius 1 is 1.63 bits per heavy atom. The Hall–Kier alpha value is -1.40. The maximum Gasteiger partial charge on any atom is 0.332 e. The molecule has 0 aromatic carbocycles. The van der Waals surface area contributed by atoms with Gasteiger partial charge in [-0.1, -0.05) is 6.07 Å². The molecule has 2 heterocycles. The van der Waals surface area contributed by atoms with Crippen LogP contribution in [-0.4, -0.2) is 41.1 Å². The lowest BCUT2D eigenvalue weighted by atomic mass is 10.2. The van der Waals surface area contributed by atoms with E-state index in [4.69, 9.17) is 9.84 Å². The van der Waals surface area contributed by atoms with E-state index < -0.39 is 12.1 Å². The van der Waals surface area contributed by atoms with Crippen molar-refractivity contribution in [3.63, 3.8) is 0 Å². The Labute approximate surface area is 115 Å². The predicted octanol–water partition coefficient (Wildman–Crippen LogP) is 1.90. The summed E-state index contributed by atoms with van der Waals surface area (Å²) in [5.74, 6) is -1.19. The molecule has 1 unspecified atom stereocenters. The lowest BCUT2D eigenvalue weighted by molar-refractivity contribution is -0.153. The van der Waals surface area contributed by atoms with E-state index in [2.05, 4.69) is 0 Å². The van der Waals surface area contributed by atoms with E-state index in [0.29, 0.717) is 6.54 Å². The van der Waals surface area contributed by atoms with Crippen molar-refractivity contribution in [3.8, 4) is 0 Å². The van der Waals surface area contributed by atoms with E-state index in [1.165, 1.54) is 11.8 Å². The topological polar surface area (TPSA) is 66.8 Å². The van der Waals surface area contributed by atoms with Gasteiger partial charge in [0.2, 0.25) is 5.91 Å². The Balaban J connectivity index is 1.93. The molecule has 104 valence electrons. The van der Waals surface area contributed by atoms with Crippen molar-refractivity contribution in [2.24, 2.45) is 0 Å². The fourth-order valence-corrected chi connectivity index (χ4v) is 3.07. The Morgan fingerprint density at radius 3 is 3.05 bits per heavy atom. The first-order valence-electron chi connectivity index (χ1n) is 6.27. The molecule has 1 aliphatic rings. The summed E-state index contributed by atoms with van der Waals surface area (Å²) in [6, 6.07) is 4.13. The molecule has 1 fully saturated rings. The quantitative estimate of drug-likeness (QED) is 0.896. The number of rotatable bonds is 5. The summed E-state index contributed by atoms with van der Waals surface area (Å²) in [4.78, 5) is 25.7. The Bertz CT molecular complexity index is 446. The maximum atomic E-state index is 12.1. The molecule has 5 nitrogen and oxygen atoms in total. The maximum absolute atomic E-state index is 12.1. The molecule has 0 bridgehead atoms. The highest BCUT2D eigenvalue weighted by Crippen LogP contribution is 2.34. The zero-order chi connectivity index (χ0) is 13.8. The van der Waals surface area contributed by atoms with Gasteiger partial charge in [0, 0.05) is 11.4 Å². The van der Waals surface area contributed by atoms with Gasteiger partial charge in [-0.25, -0.2) is 4.79 Å². The second-order valence-electron chi connectivity index (χ2n) is 4.55. The van der Waals surface area contributed by atoms with Crippen LogP contribution in [0.2, 0.25) is 0 Å². The number of hydrogen-bond donors (Lipinski definition) is 1. The summed E-state index contributed by atoms with van der Waals surface area (Å²) in [5.41, 5.74) is 0. The number of hydrogen-bond acceptors (Lipinski definition) is 4. The number of carboxylic acid groups (broad SMARTS) is 1. The third kappa shape index (κ3) is 3.33. The lowest BCUT2D eigenvalue weighted by Gasteiger charge is -2.24. The molecule has 1 amide bonds. The molecule has 6 heteroatoms. The highest BCUT2D eigenvalue weighted by molar-refractivity contribution is 7.10. The standard InChI is InChI=1S/C13H17NO4S/c1-9(13(16)17)18-8-12(15)14-6-2-4-10(14)11-5-3-7-19-11/h3,5,7,9-10H,2,4,6,8H2,1H3,(H,16,17)/t9-,10?/m0/s1. The van der Waals surface area contributed by atoms with Crippen LogP contribution in [0.5, 0.6) is 0 Å². The average Bonchev–Trinajstić information content (AvgIpc) is 3.04. The smallest absolute Gasteiger partial charge is 0.332 e. The summed E-state index contributed by atoms with van der Waals surface area (Å²) < 4.78 is 5.06. The van der Waals surface area contributed by atoms with Crippen LogP contribution in [-0.2, 0) is 14.3 Å². The van der Waals surface area contributed by atoms with Crippen LogP contribution in [0, 0.1) is 0 Å². The summed E-state index contributed by atoms with van der Waals surface area (Å²) in [5, 5.41) is 10.7. The molecular formula is C13H17NO4S. The molecule has 1 N–H and O–H groups in total. The third-order valence-electron chi connectivity index (χ3n) is 3.25. The van der Waals surface area contributed by atoms with Crippen LogP contribution in [0.15, 0.2) is 17.5 Å². The fraction of sp³-hybridized carbons (Fsp3) is 0.538. The molecule has 1 aromatic rings. The molecular weight excluding hydrogens is 266 g/mol. The molecule has 2 rings (SSSR count). The van der Waals surface area contributed by atoms with Gasteiger partial charge < -0.3 is 14.7 Å². The lowest BCUT2D eigenvalue weighted by Crippen LogP contribution is -2.35. The molecule has 0 aliphatic carbocycles. The third-order valence-corrected chi connectivity index (χ3v) is 4.22. The zero-order valence-corrected chi connectivity index (χ0v) is 11.6. The van der Waals surface area contributed by atoms with Gasteiger partial charge in [-0.15, -0.1) is 11.3 Å². The zero-order valence-electron chi connectivity index (χ0n) is 10.7. The number of ether oxygens (including phenoxy) is 1. The van der Waals surface area contributed by atoms with Crippen molar-refractivity contribution >= 4 is 23.2 Å². The number of thiophene rings is 1. The Morgan fingerprint density at radius 2 is 2.42 bits per heavy atom. The molecule has 19 heavy (non-hydrogen) atoms. The van der Waals surface area contributed by atoms with Crippen LogP contribution in [0.4, 0.5) is 0 Å². The first kappa shape index (κ1) is 14.0. The van der Waals surface area contributed by atoms with Crippen LogP contribution in [0.25, 0.3) is 0 Å². The van der Waals surface area contributed by atoms with Gasteiger partial charge >= 0.3 is 5.97 Å². The van der Waals surface area contributed by atoms with Crippen LogP contribution in [0.3, 0.4) is 0 Å². The van der Waals surface area contributed by atoms with Crippen molar-refractivity contribution in [2.75, 3.05) is 13.2 Å². The minimum atomic E-state index is -1.05.